The van der Waals surface area contributed by atoms with Gasteiger partial charge in [0.1, 0.15) is 0 Å². The molecule has 0 heterocycles. The first-order valence-corrected chi connectivity index (χ1v) is 5.27. The summed E-state index contributed by atoms with van der Waals surface area (Å²) in [7, 11) is 0. The number of carbonyl (C=O) groups excluding carboxylic acids is 1. The molecule has 0 bridgehead atoms. The summed E-state index contributed by atoms with van der Waals surface area (Å²) in [6.07, 6.45) is 0.514. The Bertz CT molecular complexity index is 446. The molecule has 0 aliphatic heterocycles. The summed E-state index contributed by atoms with van der Waals surface area (Å²) < 4.78 is 0. The number of nitro groups is 1. The van der Waals surface area contributed by atoms with Crippen molar-refractivity contribution in [3.05, 3.63) is 33.9 Å². The predicted molar refractivity (Wildman–Crippen MR) is 64.7 cm³/mol. The van der Waals surface area contributed by atoms with Gasteiger partial charge in [0.15, 0.2) is 0 Å². The molecule has 1 amide bonds. The maximum Gasteiger partial charge on any atom is 0.271 e. The number of nitrogens with zero attached hydrogens (tertiary/aromatic N) is 1. The van der Waals surface area contributed by atoms with Crippen LogP contribution < -0.4 is 11.1 Å². The SMILES string of the molecule is CCC(N)C(=O)Nc1cc([N+](=O)[O-])ccc1C. The molecule has 92 valence electrons. The van der Waals surface area contributed by atoms with Gasteiger partial charge in [0.25, 0.3) is 5.69 Å². The van der Waals surface area contributed by atoms with Gasteiger partial charge in [0.2, 0.25) is 5.91 Å². The standard InChI is InChI=1S/C11H15N3O3/c1-3-9(12)11(15)13-10-6-8(14(16)17)5-4-7(10)2/h4-6,9H,3,12H2,1-2H3,(H,13,15). The van der Waals surface area contributed by atoms with E-state index in [1.165, 1.54) is 12.1 Å². The summed E-state index contributed by atoms with van der Waals surface area (Å²) in [5, 5.41) is 13.2. The second-order valence-corrected chi connectivity index (χ2v) is 3.76. The van der Waals surface area contributed by atoms with Gasteiger partial charge < -0.3 is 11.1 Å². The third-order valence-corrected chi connectivity index (χ3v) is 2.47. The van der Waals surface area contributed by atoms with Crippen LogP contribution >= 0.6 is 0 Å². The largest absolute Gasteiger partial charge is 0.324 e. The van der Waals surface area contributed by atoms with E-state index in [1.54, 1.807) is 19.9 Å². The van der Waals surface area contributed by atoms with Crippen molar-refractivity contribution < 1.29 is 9.72 Å². The molecule has 0 spiro atoms. The molecule has 0 saturated carbocycles. The molecule has 0 aliphatic rings. The Labute approximate surface area is 99.0 Å². The number of hydrogen-bond donors (Lipinski definition) is 2. The summed E-state index contributed by atoms with van der Waals surface area (Å²) in [5.41, 5.74) is 6.69. The Kier molecular flexibility index (Phi) is 4.17. The highest BCUT2D eigenvalue weighted by Gasteiger charge is 2.14. The number of rotatable bonds is 4. The van der Waals surface area contributed by atoms with Gasteiger partial charge in [-0.2, -0.15) is 0 Å². The molecule has 1 aromatic carbocycles. The Morgan fingerprint density at radius 2 is 2.24 bits per heavy atom. The van der Waals surface area contributed by atoms with Crippen molar-refractivity contribution >= 4 is 17.3 Å². The smallest absolute Gasteiger partial charge is 0.271 e. The predicted octanol–water partition coefficient (Wildman–Crippen LogP) is 1.58. The van der Waals surface area contributed by atoms with Gasteiger partial charge in [0, 0.05) is 12.1 Å². The number of benzene rings is 1. The minimum atomic E-state index is -0.603. The average molecular weight is 237 g/mol. The van der Waals surface area contributed by atoms with E-state index in [4.69, 9.17) is 5.73 Å². The van der Waals surface area contributed by atoms with Crippen LogP contribution in [0.4, 0.5) is 11.4 Å². The van der Waals surface area contributed by atoms with E-state index in [9.17, 15) is 14.9 Å². The van der Waals surface area contributed by atoms with Gasteiger partial charge in [-0.3, -0.25) is 14.9 Å². The lowest BCUT2D eigenvalue weighted by molar-refractivity contribution is -0.384. The number of amides is 1. The molecule has 0 aliphatic carbocycles. The van der Waals surface area contributed by atoms with Crippen LogP contribution in [0.15, 0.2) is 18.2 Å². The number of nitrogens with one attached hydrogen (secondary N) is 1. The monoisotopic (exact) mass is 237 g/mol. The van der Waals surface area contributed by atoms with Crippen molar-refractivity contribution in [2.75, 3.05) is 5.32 Å². The molecule has 6 heteroatoms. The van der Waals surface area contributed by atoms with E-state index in [-0.39, 0.29) is 11.6 Å². The van der Waals surface area contributed by atoms with Crippen LogP contribution in [0, 0.1) is 17.0 Å². The van der Waals surface area contributed by atoms with Gasteiger partial charge in [-0.1, -0.05) is 13.0 Å². The summed E-state index contributed by atoms with van der Waals surface area (Å²) in [6.45, 7) is 3.56. The topological polar surface area (TPSA) is 98.3 Å². The zero-order chi connectivity index (χ0) is 13.0. The number of non-ortho nitro benzene ring substituents is 1. The highest BCUT2D eigenvalue weighted by Crippen LogP contribution is 2.21. The van der Waals surface area contributed by atoms with Crippen LogP contribution in [0.25, 0.3) is 0 Å². The molecule has 1 rings (SSSR count). The highest BCUT2D eigenvalue weighted by atomic mass is 16.6. The third-order valence-electron chi connectivity index (χ3n) is 2.47. The molecule has 3 N–H and O–H groups in total. The Morgan fingerprint density at radius 1 is 1.59 bits per heavy atom. The van der Waals surface area contributed by atoms with Crippen molar-refractivity contribution in [2.24, 2.45) is 5.73 Å². The average Bonchev–Trinajstić information content (AvgIpc) is 2.30. The normalized spacial score (nSPS) is 11.9. The van der Waals surface area contributed by atoms with E-state index < -0.39 is 11.0 Å². The fourth-order valence-electron chi connectivity index (χ4n) is 1.27. The van der Waals surface area contributed by atoms with E-state index in [1.807, 2.05) is 0 Å². The number of aryl methyl sites for hydroxylation is 1. The molecule has 0 fully saturated rings. The summed E-state index contributed by atoms with van der Waals surface area (Å²) in [6, 6.07) is 3.71. The fraction of sp³-hybridized carbons (Fsp3) is 0.364. The van der Waals surface area contributed by atoms with E-state index in [2.05, 4.69) is 5.32 Å². The Hall–Kier alpha value is -1.95. The molecule has 0 saturated heterocycles. The lowest BCUT2D eigenvalue weighted by atomic mass is 10.1. The lowest BCUT2D eigenvalue weighted by Gasteiger charge is -2.11. The maximum absolute atomic E-state index is 11.6. The molecule has 1 atom stereocenters. The molecular weight excluding hydrogens is 222 g/mol. The van der Waals surface area contributed by atoms with E-state index >= 15 is 0 Å². The molecule has 0 aromatic heterocycles. The van der Waals surface area contributed by atoms with Gasteiger partial charge in [-0.05, 0) is 18.9 Å². The lowest BCUT2D eigenvalue weighted by Crippen LogP contribution is -2.35. The van der Waals surface area contributed by atoms with Crippen LogP contribution in [0.1, 0.15) is 18.9 Å². The van der Waals surface area contributed by atoms with Gasteiger partial charge in [-0.25, -0.2) is 0 Å². The van der Waals surface area contributed by atoms with Gasteiger partial charge >= 0.3 is 0 Å². The third kappa shape index (κ3) is 3.25. The second-order valence-electron chi connectivity index (χ2n) is 3.76. The van der Waals surface area contributed by atoms with Crippen LogP contribution in [0.2, 0.25) is 0 Å². The van der Waals surface area contributed by atoms with Gasteiger partial charge in [-0.15, -0.1) is 0 Å². The zero-order valence-electron chi connectivity index (χ0n) is 9.77. The molecule has 1 unspecified atom stereocenters. The van der Waals surface area contributed by atoms with Crippen molar-refractivity contribution in [1.29, 1.82) is 0 Å². The van der Waals surface area contributed by atoms with Crippen molar-refractivity contribution in [1.82, 2.24) is 0 Å². The minimum Gasteiger partial charge on any atom is -0.324 e. The number of hydrogen-bond acceptors (Lipinski definition) is 4. The zero-order valence-corrected chi connectivity index (χ0v) is 9.77. The minimum absolute atomic E-state index is 0.0593. The van der Waals surface area contributed by atoms with Crippen molar-refractivity contribution in [3.63, 3.8) is 0 Å². The fourth-order valence-corrected chi connectivity index (χ4v) is 1.27. The number of nitro benzene ring substituents is 1. The first kappa shape index (κ1) is 13.1. The highest BCUT2D eigenvalue weighted by molar-refractivity contribution is 5.95. The maximum atomic E-state index is 11.6. The van der Waals surface area contributed by atoms with Crippen LogP contribution in [0.3, 0.4) is 0 Å². The summed E-state index contributed by atoms with van der Waals surface area (Å²) in [5.74, 6) is -0.337. The number of carbonyl (C=O) groups is 1. The molecule has 17 heavy (non-hydrogen) atoms. The first-order chi connectivity index (χ1) is 7.95. The Balaban J connectivity index is 2.94. The van der Waals surface area contributed by atoms with E-state index in [0.717, 1.165) is 5.56 Å². The number of nitrogens with two attached hydrogens (primary N) is 1. The van der Waals surface area contributed by atoms with Gasteiger partial charge in [0.05, 0.1) is 16.7 Å². The molecule has 1 aromatic rings. The molecule has 0 radical (unpaired) electrons. The molecular formula is C11H15N3O3. The molecule has 6 nitrogen and oxygen atoms in total. The summed E-state index contributed by atoms with van der Waals surface area (Å²) in [4.78, 5) is 21.7. The van der Waals surface area contributed by atoms with Crippen molar-refractivity contribution in [3.8, 4) is 0 Å². The van der Waals surface area contributed by atoms with Crippen LogP contribution in [-0.2, 0) is 4.79 Å². The van der Waals surface area contributed by atoms with Crippen LogP contribution in [-0.4, -0.2) is 16.9 Å². The van der Waals surface area contributed by atoms with Crippen LogP contribution in [0.5, 0.6) is 0 Å². The first-order valence-electron chi connectivity index (χ1n) is 5.27. The van der Waals surface area contributed by atoms with E-state index in [0.29, 0.717) is 12.1 Å². The Morgan fingerprint density at radius 3 is 2.76 bits per heavy atom. The quantitative estimate of drug-likeness (QED) is 0.613. The van der Waals surface area contributed by atoms with Crippen molar-refractivity contribution in [2.45, 2.75) is 26.3 Å². The number of anilines is 1. The summed E-state index contributed by atoms with van der Waals surface area (Å²) >= 11 is 0. The second kappa shape index (κ2) is 5.40.